The van der Waals surface area contributed by atoms with Crippen molar-refractivity contribution in [3.05, 3.63) is 65.4 Å². The number of fused-ring (bicyclic) bond motifs is 1. The highest BCUT2D eigenvalue weighted by Gasteiger charge is 2.21. The number of para-hydroxylation sites is 1. The minimum Gasteiger partial charge on any atom is -0.379 e. The lowest BCUT2D eigenvalue weighted by atomic mass is 10.1. The zero-order valence-electron chi connectivity index (χ0n) is 13.2. The molecule has 5 heteroatoms. The number of hydrogen-bond donors (Lipinski definition) is 0. The third-order valence-electron chi connectivity index (χ3n) is 3.62. The topological polar surface area (TPSA) is 56.3 Å². The summed E-state index contributed by atoms with van der Waals surface area (Å²) in [5.41, 5.74) is 3.10. The Labute approximate surface area is 135 Å². The Morgan fingerprint density at radius 3 is 2.52 bits per heavy atom. The van der Waals surface area contributed by atoms with Crippen LogP contribution in [0.3, 0.4) is 0 Å². The predicted octanol–water partition coefficient (Wildman–Crippen LogP) is 3.93. The lowest BCUT2D eigenvalue weighted by molar-refractivity contribution is 0.485. The van der Waals surface area contributed by atoms with E-state index < -0.39 is 10.1 Å². The standard InChI is InChI=1S/C18H17NO3S/c1-12-7-8-14(3)16(10-12)22-23(20,21)17-6-4-5-15-9-13(2)11-19-18(15)17/h4-11H,1-3H3. The molecule has 1 aromatic heterocycles. The quantitative estimate of drug-likeness (QED) is 0.684. The Balaban J connectivity index is 2.12. The van der Waals surface area contributed by atoms with E-state index in [0.717, 1.165) is 22.1 Å². The van der Waals surface area contributed by atoms with Gasteiger partial charge in [-0.1, -0.05) is 24.3 Å². The number of hydrogen-bond acceptors (Lipinski definition) is 4. The summed E-state index contributed by atoms with van der Waals surface area (Å²) in [7, 11) is -3.95. The molecule has 3 rings (SSSR count). The molecule has 0 bridgehead atoms. The van der Waals surface area contributed by atoms with Gasteiger partial charge in [0, 0.05) is 11.6 Å². The molecule has 0 aliphatic rings. The molecule has 0 aliphatic carbocycles. The monoisotopic (exact) mass is 327 g/mol. The van der Waals surface area contributed by atoms with Gasteiger partial charge in [0.2, 0.25) is 0 Å². The number of aryl methyl sites for hydroxylation is 3. The first-order chi connectivity index (χ1) is 10.9. The Hall–Kier alpha value is -2.40. The Morgan fingerprint density at radius 2 is 1.74 bits per heavy atom. The molecule has 0 fully saturated rings. The van der Waals surface area contributed by atoms with Crippen LogP contribution in [0.5, 0.6) is 5.75 Å². The van der Waals surface area contributed by atoms with E-state index in [1.165, 1.54) is 6.07 Å². The lowest BCUT2D eigenvalue weighted by Crippen LogP contribution is -2.11. The third kappa shape index (κ3) is 3.05. The van der Waals surface area contributed by atoms with E-state index in [1.54, 1.807) is 18.3 Å². The van der Waals surface area contributed by atoms with E-state index in [1.807, 2.05) is 45.0 Å². The van der Waals surface area contributed by atoms with E-state index in [0.29, 0.717) is 11.3 Å². The van der Waals surface area contributed by atoms with Gasteiger partial charge in [0.15, 0.2) is 0 Å². The van der Waals surface area contributed by atoms with E-state index in [4.69, 9.17) is 4.18 Å². The largest absolute Gasteiger partial charge is 0.379 e. The molecule has 0 amide bonds. The molecular weight excluding hydrogens is 310 g/mol. The molecule has 118 valence electrons. The zero-order valence-corrected chi connectivity index (χ0v) is 14.0. The molecule has 0 atom stereocenters. The van der Waals surface area contributed by atoms with Crippen LogP contribution in [-0.4, -0.2) is 13.4 Å². The number of aromatic nitrogens is 1. The van der Waals surface area contributed by atoms with Crippen molar-refractivity contribution < 1.29 is 12.6 Å². The molecule has 0 saturated heterocycles. The molecule has 0 saturated carbocycles. The normalized spacial score (nSPS) is 11.6. The molecule has 0 N–H and O–H groups in total. The molecule has 2 aromatic carbocycles. The summed E-state index contributed by atoms with van der Waals surface area (Å²) < 4.78 is 30.8. The summed E-state index contributed by atoms with van der Waals surface area (Å²) >= 11 is 0. The maximum absolute atomic E-state index is 12.7. The van der Waals surface area contributed by atoms with Gasteiger partial charge in [-0.3, -0.25) is 4.98 Å². The fraction of sp³-hybridized carbons (Fsp3) is 0.167. The van der Waals surface area contributed by atoms with Crippen LogP contribution < -0.4 is 4.18 Å². The molecule has 1 heterocycles. The fourth-order valence-electron chi connectivity index (χ4n) is 2.40. The third-order valence-corrected chi connectivity index (χ3v) is 4.89. The summed E-state index contributed by atoms with van der Waals surface area (Å²) in [4.78, 5) is 4.35. The van der Waals surface area contributed by atoms with Crippen LogP contribution in [0.25, 0.3) is 10.9 Å². The number of benzene rings is 2. The van der Waals surface area contributed by atoms with Crippen molar-refractivity contribution in [1.29, 1.82) is 0 Å². The van der Waals surface area contributed by atoms with Crippen molar-refractivity contribution in [2.45, 2.75) is 25.7 Å². The van der Waals surface area contributed by atoms with Crippen molar-refractivity contribution in [3.8, 4) is 5.75 Å². The highest BCUT2D eigenvalue weighted by Crippen LogP contribution is 2.27. The summed E-state index contributed by atoms with van der Waals surface area (Å²) in [6, 6.07) is 12.4. The molecular formula is C18H17NO3S. The van der Waals surface area contributed by atoms with Crippen molar-refractivity contribution >= 4 is 21.0 Å². The van der Waals surface area contributed by atoms with Gasteiger partial charge in [0.1, 0.15) is 10.6 Å². The number of pyridine rings is 1. The predicted molar refractivity (Wildman–Crippen MR) is 90.2 cm³/mol. The maximum Gasteiger partial charge on any atom is 0.341 e. The first-order valence-corrected chi connectivity index (χ1v) is 8.65. The van der Waals surface area contributed by atoms with Gasteiger partial charge in [-0.25, -0.2) is 0 Å². The summed E-state index contributed by atoms with van der Waals surface area (Å²) in [5.74, 6) is 0.342. The van der Waals surface area contributed by atoms with Gasteiger partial charge < -0.3 is 4.18 Å². The SMILES string of the molecule is Cc1ccc(C)c(OS(=O)(=O)c2cccc3cc(C)cnc23)c1. The van der Waals surface area contributed by atoms with Crippen LogP contribution in [-0.2, 0) is 10.1 Å². The summed E-state index contributed by atoms with van der Waals surface area (Å²) in [6.07, 6.45) is 1.65. The van der Waals surface area contributed by atoms with Gasteiger partial charge in [-0.05, 0) is 55.7 Å². The van der Waals surface area contributed by atoms with Gasteiger partial charge in [-0.15, -0.1) is 0 Å². The van der Waals surface area contributed by atoms with Crippen LogP contribution in [0.2, 0.25) is 0 Å². The van der Waals surface area contributed by atoms with Crippen LogP contribution in [0.4, 0.5) is 0 Å². The fourth-order valence-corrected chi connectivity index (χ4v) is 3.56. The Kier molecular flexibility index (Phi) is 3.82. The average Bonchev–Trinajstić information content (AvgIpc) is 2.49. The smallest absolute Gasteiger partial charge is 0.341 e. The van der Waals surface area contributed by atoms with Gasteiger partial charge in [-0.2, -0.15) is 8.42 Å². The zero-order chi connectivity index (χ0) is 16.6. The molecule has 23 heavy (non-hydrogen) atoms. The van der Waals surface area contributed by atoms with E-state index in [2.05, 4.69) is 4.98 Å². The van der Waals surface area contributed by atoms with Crippen molar-refractivity contribution in [1.82, 2.24) is 4.98 Å². The second kappa shape index (κ2) is 5.66. The van der Waals surface area contributed by atoms with E-state index >= 15 is 0 Å². The summed E-state index contributed by atoms with van der Waals surface area (Å²) in [6.45, 7) is 5.62. The second-order valence-electron chi connectivity index (χ2n) is 5.65. The first kappa shape index (κ1) is 15.5. The van der Waals surface area contributed by atoms with Gasteiger partial charge >= 0.3 is 10.1 Å². The van der Waals surface area contributed by atoms with E-state index in [-0.39, 0.29) is 4.90 Å². The van der Waals surface area contributed by atoms with Crippen LogP contribution in [0.1, 0.15) is 16.7 Å². The van der Waals surface area contributed by atoms with Crippen molar-refractivity contribution in [3.63, 3.8) is 0 Å². The highest BCUT2D eigenvalue weighted by molar-refractivity contribution is 7.87. The first-order valence-electron chi connectivity index (χ1n) is 7.24. The minimum atomic E-state index is -3.95. The maximum atomic E-state index is 12.7. The van der Waals surface area contributed by atoms with E-state index in [9.17, 15) is 8.42 Å². The molecule has 0 unspecified atom stereocenters. The van der Waals surface area contributed by atoms with Crippen molar-refractivity contribution in [2.24, 2.45) is 0 Å². The lowest BCUT2D eigenvalue weighted by Gasteiger charge is -2.11. The highest BCUT2D eigenvalue weighted by atomic mass is 32.2. The average molecular weight is 327 g/mol. The Morgan fingerprint density at radius 1 is 0.957 bits per heavy atom. The molecule has 4 nitrogen and oxygen atoms in total. The molecule has 0 radical (unpaired) electrons. The number of rotatable bonds is 3. The molecule has 0 aliphatic heterocycles. The van der Waals surface area contributed by atoms with Gasteiger partial charge in [0.05, 0.1) is 5.52 Å². The number of nitrogens with zero attached hydrogens (tertiary/aromatic N) is 1. The summed E-state index contributed by atoms with van der Waals surface area (Å²) in [5, 5.41) is 0.774. The molecule has 0 spiro atoms. The van der Waals surface area contributed by atoms with Crippen LogP contribution >= 0.6 is 0 Å². The van der Waals surface area contributed by atoms with Gasteiger partial charge in [0.25, 0.3) is 0 Å². The van der Waals surface area contributed by atoms with Crippen LogP contribution in [0.15, 0.2) is 53.6 Å². The molecule has 3 aromatic rings. The second-order valence-corrected chi connectivity index (χ2v) is 7.16. The minimum absolute atomic E-state index is 0.0795. The van der Waals surface area contributed by atoms with Crippen LogP contribution in [0, 0.1) is 20.8 Å². The Bertz CT molecular complexity index is 994. The van der Waals surface area contributed by atoms with Crippen molar-refractivity contribution in [2.75, 3.05) is 0 Å².